The average molecular weight is 456 g/mol. The zero-order chi connectivity index (χ0) is 24.2. The molecule has 0 saturated heterocycles. The normalized spacial score (nSPS) is 12.6. The van der Waals surface area contributed by atoms with Crippen LogP contribution in [0.25, 0.3) is 11.3 Å². The summed E-state index contributed by atoms with van der Waals surface area (Å²) in [6.45, 7) is 10.6. The summed E-state index contributed by atoms with van der Waals surface area (Å²) in [5.41, 5.74) is 0.939. The molecule has 0 fully saturated rings. The predicted octanol–water partition coefficient (Wildman–Crippen LogP) is 6.35. The maximum atomic E-state index is 14.5. The van der Waals surface area contributed by atoms with Gasteiger partial charge in [-0.1, -0.05) is 65.0 Å². The quantitative estimate of drug-likeness (QED) is 0.452. The van der Waals surface area contributed by atoms with Crippen molar-refractivity contribution in [2.45, 2.75) is 47.2 Å². The molecule has 1 atom stereocenters. The molecule has 7 heteroatoms. The lowest BCUT2D eigenvalue weighted by molar-refractivity contribution is 0.119. The molecule has 3 aromatic rings. The van der Waals surface area contributed by atoms with Crippen LogP contribution in [0.3, 0.4) is 0 Å². The summed E-state index contributed by atoms with van der Waals surface area (Å²) < 4.78 is 35.6. The fourth-order valence-corrected chi connectivity index (χ4v) is 3.46. The number of nitrogens with one attached hydrogen (secondary N) is 1. The Labute approximate surface area is 193 Å². The van der Waals surface area contributed by atoms with Crippen LogP contribution in [0.4, 0.5) is 13.6 Å². The maximum Gasteiger partial charge on any atom is 0.407 e. The Morgan fingerprint density at radius 3 is 2.45 bits per heavy atom. The van der Waals surface area contributed by atoms with Crippen molar-refractivity contribution in [2.75, 3.05) is 6.61 Å². The highest BCUT2D eigenvalue weighted by molar-refractivity contribution is 5.68. The molecule has 0 spiro atoms. The number of benzene rings is 2. The van der Waals surface area contributed by atoms with Crippen molar-refractivity contribution in [3.63, 3.8) is 0 Å². The number of hydrogen-bond donors (Lipinski definition) is 1. The SMILES string of the molecule is CC(C)COC(=O)N[C@@H](c1nc(-c2cc(F)ccc2F)cn1Cc1ccccc1)C(C)(C)C. The Hall–Kier alpha value is -3.22. The van der Waals surface area contributed by atoms with E-state index in [0.29, 0.717) is 24.7 Å². The van der Waals surface area contributed by atoms with Gasteiger partial charge in [-0.3, -0.25) is 0 Å². The lowest BCUT2D eigenvalue weighted by Crippen LogP contribution is -2.39. The second kappa shape index (κ2) is 10.1. The third-order valence-corrected chi connectivity index (χ3v) is 5.14. The topological polar surface area (TPSA) is 56.1 Å². The van der Waals surface area contributed by atoms with Crippen LogP contribution < -0.4 is 5.32 Å². The van der Waals surface area contributed by atoms with Gasteiger partial charge in [-0.15, -0.1) is 0 Å². The highest BCUT2D eigenvalue weighted by Crippen LogP contribution is 2.35. The molecule has 0 bridgehead atoms. The Bertz CT molecular complexity index is 1090. The van der Waals surface area contributed by atoms with Crippen LogP contribution >= 0.6 is 0 Å². The van der Waals surface area contributed by atoms with Crippen molar-refractivity contribution in [1.29, 1.82) is 0 Å². The molecule has 5 nitrogen and oxygen atoms in total. The number of alkyl carbamates (subject to hydrolysis) is 1. The number of amides is 1. The molecular formula is C26H31F2N3O2. The molecule has 1 N–H and O–H groups in total. The summed E-state index contributed by atoms with van der Waals surface area (Å²) in [6.07, 6.45) is 1.15. The molecule has 1 aromatic heterocycles. The first kappa shape index (κ1) is 24.4. The van der Waals surface area contributed by atoms with Gasteiger partial charge in [0.2, 0.25) is 0 Å². The first-order chi connectivity index (χ1) is 15.5. The standard InChI is InChI=1S/C26H31F2N3O2/c1-17(2)16-33-25(32)30-23(26(3,4)5)24-29-22(20-13-19(27)11-12-21(20)28)15-31(24)14-18-9-7-6-8-10-18/h6-13,15,17,23H,14,16H2,1-5H3,(H,30,32)/t23-/m0/s1. The number of aromatic nitrogens is 2. The molecular weight excluding hydrogens is 424 g/mol. The zero-order valence-electron chi connectivity index (χ0n) is 19.7. The van der Waals surface area contributed by atoms with E-state index in [0.717, 1.165) is 23.8 Å². The van der Waals surface area contributed by atoms with E-state index in [9.17, 15) is 13.6 Å². The number of ether oxygens (including phenoxy) is 1. The summed E-state index contributed by atoms with van der Waals surface area (Å²) in [5, 5.41) is 2.93. The van der Waals surface area contributed by atoms with Crippen LogP contribution in [0.1, 0.15) is 52.0 Å². The molecule has 0 aliphatic heterocycles. The minimum absolute atomic E-state index is 0.0677. The first-order valence-corrected chi connectivity index (χ1v) is 11.0. The van der Waals surface area contributed by atoms with E-state index < -0.39 is 29.2 Å². The van der Waals surface area contributed by atoms with Gasteiger partial charge in [0.15, 0.2) is 0 Å². The minimum Gasteiger partial charge on any atom is -0.449 e. The van der Waals surface area contributed by atoms with Gasteiger partial charge >= 0.3 is 6.09 Å². The Morgan fingerprint density at radius 2 is 1.82 bits per heavy atom. The van der Waals surface area contributed by atoms with Gasteiger partial charge in [0.25, 0.3) is 0 Å². The third kappa shape index (κ3) is 6.40. The van der Waals surface area contributed by atoms with Crippen LogP contribution in [-0.2, 0) is 11.3 Å². The molecule has 33 heavy (non-hydrogen) atoms. The van der Waals surface area contributed by atoms with Gasteiger partial charge < -0.3 is 14.6 Å². The van der Waals surface area contributed by atoms with Crippen LogP contribution in [0.15, 0.2) is 54.7 Å². The maximum absolute atomic E-state index is 14.5. The second-order valence-electron chi connectivity index (χ2n) is 9.66. The number of nitrogens with zero attached hydrogens (tertiary/aromatic N) is 2. The van der Waals surface area contributed by atoms with Gasteiger partial charge in [0.1, 0.15) is 17.5 Å². The third-order valence-electron chi connectivity index (χ3n) is 5.14. The van der Waals surface area contributed by atoms with Gasteiger partial charge in [-0.2, -0.15) is 0 Å². The number of halogens is 2. The van der Waals surface area contributed by atoms with Crippen molar-refractivity contribution in [2.24, 2.45) is 11.3 Å². The smallest absolute Gasteiger partial charge is 0.407 e. The van der Waals surface area contributed by atoms with Gasteiger partial charge in [0, 0.05) is 18.3 Å². The molecule has 176 valence electrons. The van der Waals surface area contributed by atoms with E-state index in [2.05, 4.69) is 10.3 Å². The van der Waals surface area contributed by atoms with Gasteiger partial charge in [0.05, 0.1) is 18.3 Å². The van der Waals surface area contributed by atoms with Crippen LogP contribution in [0.5, 0.6) is 0 Å². The molecule has 0 aliphatic rings. The number of carbonyl (C=O) groups is 1. The number of carbonyl (C=O) groups excluding carboxylic acids is 1. The number of rotatable bonds is 7. The zero-order valence-corrected chi connectivity index (χ0v) is 19.7. The molecule has 3 rings (SSSR count). The van der Waals surface area contributed by atoms with Gasteiger partial charge in [-0.05, 0) is 35.1 Å². The number of hydrogen-bond acceptors (Lipinski definition) is 3. The van der Waals surface area contributed by atoms with Crippen molar-refractivity contribution in [1.82, 2.24) is 14.9 Å². The monoisotopic (exact) mass is 455 g/mol. The van der Waals surface area contributed by atoms with Crippen molar-refractivity contribution in [3.8, 4) is 11.3 Å². The molecule has 0 radical (unpaired) electrons. The molecule has 0 aliphatic carbocycles. The summed E-state index contributed by atoms with van der Waals surface area (Å²) in [7, 11) is 0. The number of imidazole rings is 1. The molecule has 1 heterocycles. The summed E-state index contributed by atoms with van der Waals surface area (Å²) in [5.74, 6) is -0.379. The summed E-state index contributed by atoms with van der Waals surface area (Å²) in [6, 6.07) is 12.5. The largest absolute Gasteiger partial charge is 0.449 e. The van der Waals surface area contributed by atoms with E-state index in [1.165, 1.54) is 0 Å². The molecule has 0 saturated carbocycles. The Morgan fingerprint density at radius 1 is 1.12 bits per heavy atom. The lowest BCUT2D eigenvalue weighted by atomic mass is 9.86. The first-order valence-electron chi connectivity index (χ1n) is 11.0. The Balaban J connectivity index is 2.06. The predicted molar refractivity (Wildman–Crippen MR) is 125 cm³/mol. The Kier molecular flexibility index (Phi) is 7.51. The fraction of sp³-hybridized carbons (Fsp3) is 0.385. The minimum atomic E-state index is -0.566. The van der Waals surface area contributed by atoms with E-state index >= 15 is 0 Å². The molecule has 1 amide bonds. The lowest BCUT2D eigenvalue weighted by Gasteiger charge is -2.31. The van der Waals surface area contributed by atoms with E-state index in [1.807, 2.05) is 69.5 Å². The van der Waals surface area contributed by atoms with Crippen LogP contribution in [0, 0.1) is 23.0 Å². The van der Waals surface area contributed by atoms with Crippen LogP contribution in [0.2, 0.25) is 0 Å². The van der Waals surface area contributed by atoms with Crippen molar-refractivity contribution < 1.29 is 18.3 Å². The highest BCUT2D eigenvalue weighted by Gasteiger charge is 2.33. The average Bonchev–Trinajstić information content (AvgIpc) is 3.15. The second-order valence-corrected chi connectivity index (χ2v) is 9.66. The van der Waals surface area contributed by atoms with E-state index in [-0.39, 0.29) is 11.5 Å². The van der Waals surface area contributed by atoms with E-state index in [1.54, 1.807) is 6.20 Å². The summed E-state index contributed by atoms with van der Waals surface area (Å²) in [4.78, 5) is 17.2. The fourth-order valence-electron chi connectivity index (χ4n) is 3.46. The van der Waals surface area contributed by atoms with Crippen molar-refractivity contribution >= 4 is 6.09 Å². The molecule has 2 aromatic carbocycles. The molecule has 0 unspecified atom stereocenters. The van der Waals surface area contributed by atoms with Crippen molar-refractivity contribution in [3.05, 3.63) is 77.8 Å². The summed E-state index contributed by atoms with van der Waals surface area (Å²) >= 11 is 0. The van der Waals surface area contributed by atoms with Crippen LogP contribution in [-0.4, -0.2) is 22.3 Å². The highest BCUT2D eigenvalue weighted by atomic mass is 19.1. The van der Waals surface area contributed by atoms with E-state index in [4.69, 9.17) is 4.74 Å². The van der Waals surface area contributed by atoms with Gasteiger partial charge in [-0.25, -0.2) is 18.6 Å².